The number of unbranched alkanes of at least 4 members (excludes halogenated alkanes) is 3. The van der Waals surface area contributed by atoms with E-state index in [1.165, 1.54) is 41.4 Å². The summed E-state index contributed by atoms with van der Waals surface area (Å²) in [5, 5.41) is 0. The first kappa shape index (κ1) is 42.8. The van der Waals surface area contributed by atoms with E-state index in [-0.39, 0.29) is 11.6 Å². The Morgan fingerprint density at radius 1 is 0.620 bits per heavy atom. The molecule has 0 N–H and O–H groups in total. The second-order valence-electron chi connectivity index (χ2n) is 10.1. The minimum absolute atomic E-state index is 0.00865. The Labute approximate surface area is 271 Å². The number of alkyl halides is 16. The molecule has 7 nitrogen and oxygen atoms in total. The van der Waals surface area contributed by atoms with Gasteiger partial charge in [-0.3, -0.25) is 0 Å². The van der Waals surface area contributed by atoms with Crippen LogP contribution in [0.15, 0.2) is 36.7 Å². The van der Waals surface area contributed by atoms with Crippen molar-refractivity contribution in [2.24, 2.45) is 0 Å². The van der Waals surface area contributed by atoms with Gasteiger partial charge in [-0.2, -0.15) is 65.9 Å². The molecule has 0 spiro atoms. The highest BCUT2D eigenvalue weighted by Gasteiger charge is 2.85. The Balaban J connectivity index is 1.87. The van der Waals surface area contributed by atoms with Gasteiger partial charge in [0.15, 0.2) is 17.7 Å². The first-order valence-corrected chi connectivity index (χ1v) is 13.9. The van der Waals surface area contributed by atoms with Gasteiger partial charge >= 0.3 is 42.5 Å². The predicted octanol–water partition coefficient (Wildman–Crippen LogP) is 9.07. The zero-order chi connectivity index (χ0) is 38.2. The maximum Gasteiger partial charge on any atom is 0.460 e. The summed E-state index contributed by atoms with van der Waals surface area (Å²) in [6.45, 7) is -2.33. The number of nitrogens with zero attached hydrogens (tertiary/aromatic N) is 2. The first-order chi connectivity index (χ1) is 22.8. The summed E-state index contributed by atoms with van der Waals surface area (Å²) in [6, 6.07) is 5.55. The molecule has 0 amide bonds. The van der Waals surface area contributed by atoms with E-state index >= 15 is 0 Å². The van der Waals surface area contributed by atoms with E-state index in [9.17, 15) is 70.2 Å². The minimum Gasteiger partial charge on any atom is -0.490 e. The third-order valence-corrected chi connectivity index (χ3v) is 6.00. The molecule has 2 aromatic rings. The molecule has 0 saturated carbocycles. The van der Waals surface area contributed by atoms with E-state index in [1.807, 2.05) is 0 Å². The van der Waals surface area contributed by atoms with Crippen LogP contribution < -0.4 is 9.47 Å². The van der Waals surface area contributed by atoms with Gasteiger partial charge in [-0.25, -0.2) is 23.8 Å². The van der Waals surface area contributed by atoms with Crippen molar-refractivity contribution in [1.29, 1.82) is 0 Å². The van der Waals surface area contributed by atoms with Crippen LogP contribution in [0.4, 0.5) is 70.2 Å². The van der Waals surface area contributed by atoms with E-state index in [1.54, 1.807) is 0 Å². The van der Waals surface area contributed by atoms with E-state index in [0.717, 1.165) is 25.7 Å². The van der Waals surface area contributed by atoms with Crippen LogP contribution in [0.2, 0.25) is 0 Å². The van der Waals surface area contributed by atoms with Crippen LogP contribution in [0.5, 0.6) is 11.5 Å². The standard InChI is InChI=1S/C27H26F16N2O5/c1-2-3-4-5-10-47-19-11-44-20(45-12-19)16-6-8-18(9-7-16)48-14-17(28)13-46-15-21(29,30)49-26(40,41)27(42,43)50-25(38,39)23(33,34)22(31,32)24(35,36)37/h6-9,11-12,17H,2-5,10,13-15H2,1H3. The number of hydrogen-bond donors (Lipinski definition) is 0. The molecule has 2 rings (SSSR count). The van der Waals surface area contributed by atoms with Crippen LogP contribution in [-0.2, 0) is 14.2 Å². The number of ether oxygens (including phenoxy) is 5. The van der Waals surface area contributed by atoms with Gasteiger partial charge in [-0.15, -0.1) is 0 Å². The Morgan fingerprint density at radius 3 is 1.72 bits per heavy atom. The topological polar surface area (TPSA) is 71.9 Å². The largest absolute Gasteiger partial charge is 0.490 e. The normalized spacial score (nSPS) is 14.5. The predicted molar refractivity (Wildman–Crippen MR) is 136 cm³/mol. The van der Waals surface area contributed by atoms with Gasteiger partial charge in [0.2, 0.25) is 0 Å². The van der Waals surface area contributed by atoms with E-state index < -0.39 is 68.4 Å². The Bertz CT molecular complexity index is 1330. The fourth-order valence-electron chi connectivity index (χ4n) is 3.42. The molecular formula is C27H26F16N2O5. The van der Waals surface area contributed by atoms with Crippen molar-refractivity contribution in [3.63, 3.8) is 0 Å². The average molecular weight is 762 g/mol. The van der Waals surface area contributed by atoms with Crippen molar-refractivity contribution < 1.29 is 93.9 Å². The summed E-state index contributed by atoms with van der Waals surface area (Å²) in [5.74, 6) is -15.1. The van der Waals surface area contributed by atoms with Crippen LogP contribution in [-0.4, -0.2) is 85.0 Å². The number of aromatic nitrogens is 2. The van der Waals surface area contributed by atoms with E-state index in [0.29, 0.717) is 17.9 Å². The summed E-state index contributed by atoms with van der Waals surface area (Å²) in [5.41, 5.74) is 0.485. The molecular weight excluding hydrogens is 736 g/mol. The number of benzene rings is 1. The zero-order valence-electron chi connectivity index (χ0n) is 25.2. The van der Waals surface area contributed by atoms with Gasteiger partial charge in [0.1, 0.15) is 19.0 Å². The second-order valence-corrected chi connectivity index (χ2v) is 10.1. The monoisotopic (exact) mass is 762 g/mol. The highest BCUT2D eigenvalue weighted by molar-refractivity contribution is 5.56. The van der Waals surface area contributed by atoms with Crippen molar-refractivity contribution in [1.82, 2.24) is 9.97 Å². The van der Waals surface area contributed by atoms with Crippen molar-refractivity contribution in [3.05, 3.63) is 36.7 Å². The fraction of sp³-hybridized carbons (Fsp3) is 0.630. The molecule has 1 aromatic carbocycles. The molecule has 50 heavy (non-hydrogen) atoms. The van der Waals surface area contributed by atoms with Gasteiger partial charge in [0, 0.05) is 5.56 Å². The van der Waals surface area contributed by atoms with E-state index in [4.69, 9.17) is 9.47 Å². The Morgan fingerprint density at radius 2 is 1.18 bits per heavy atom. The molecule has 0 radical (unpaired) electrons. The van der Waals surface area contributed by atoms with Crippen LogP contribution >= 0.6 is 0 Å². The van der Waals surface area contributed by atoms with Crippen molar-refractivity contribution in [3.8, 4) is 22.9 Å². The van der Waals surface area contributed by atoms with Gasteiger partial charge in [0.25, 0.3) is 0 Å². The Hall–Kier alpha value is -3.34. The molecule has 0 aliphatic carbocycles. The van der Waals surface area contributed by atoms with Crippen LogP contribution in [0.3, 0.4) is 0 Å². The minimum atomic E-state index is -7.97. The molecule has 1 unspecified atom stereocenters. The molecule has 23 heteroatoms. The zero-order valence-corrected chi connectivity index (χ0v) is 25.2. The van der Waals surface area contributed by atoms with Gasteiger partial charge in [0.05, 0.1) is 25.6 Å². The molecule has 0 aliphatic heterocycles. The van der Waals surface area contributed by atoms with Crippen molar-refractivity contribution >= 4 is 0 Å². The molecule has 0 bridgehead atoms. The summed E-state index contributed by atoms with van der Waals surface area (Å²) in [6.07, 6.45) is -30.9. The van der Waals surface area contributed by atoms with Gasteiger partial charge in [-0.1, -0.05) is 26.2 Å². The summed E-state index contributed by atoms with van der Waals surface area (Å²) in [4.78, 5) is 8.30. The Kier molecular flexibility index (Phi) is 14.0. The molecule has 1 aromatic heterocycles. The fourth-order valence-corrected chi connectivity index (χ4v) is 3.42. The van der Waals surface area contributed by atoms with Gasteiger partial charge in [-0.05, 0) is 30.7 Å². The third kappa shape index (κ3) is 11.1. The van der Waals surface area contributed by atoms with E-state index in [2.05, 4.69) is 26.4 Å². The summed E-state index contributed by atoms with van der Waals surface area (Å²) < 4.78 is 228. The van der Waals surface area contributed by atoms with Crippen LogP contribution in [0, 0.1) is 0 Å². The third-order valence-electron chi connectivity index (χ3n) is 6.00. The molecule has 0 aliphatic rings. The second kappa shape index (κ2) is 16.3. The summed E-state index contributed by atoms with van der Waals surface area (Å²) >= 11 is 0. The SMILES string of the molecule is CCCCCCOc1cnc(-c2ccc(OCC(F)COCC(F)(F)OC(F)(F)C(F)(F)OC(F)(F)C(F)(F)C(F)(F)C(F)(F)F)cc2)nc1. The highest BCUT2D eigenvalue weighted by atomic mass is 19.4. The smallest absolute Gasteiger partial charge is 0.460 e. The van der Waals surface area contributed by atoms with Gasteiger partial charge < -0.3 is 14.2 Å². The molecule has 0 saturated heterocycles. The summed E-state index contributed by atoms with van der Waals surface area (Å²) in [7, 11) is 0. The molecule has 286 valence electrons. The molecule has 1 heterocycles. The lowest BCUT2D eigenvalue weighted by molar-refractivity contribution is -0.543. The number of rotatable bonds is 21. The first-order valence-electron chi connectivity index (χ1n) is 13.9. The average Bonchev–Trinajstić information content (AvgIpc) is 2.98. The maximum atomic E-state index is 14.0. The number of hydrogen-bond acceptors (Lipinski definition) is 7. The number of halogens is 16. The molecule has 1 atom stereocenters. The lowest BCUT2D eigenvalue weighted by Gasteiger charge is -2.36. The maximum absolute atomic E-state index is 14.0. The van der Waals surface area contributed by atoms with Crippen LogP contribution in [0.25, 0.3) is 11.4 Å². The van der Waals surface area contributed by atoms with Crippen LogP contribution in [0.1, 0.15) is 32.6 Å². The quantitative estimate of drug-likeness (QED) is 0.0929. The molecule has 0 fully saturated rings. The van der Waals surface area contributed by atoms with Crippen molar-refractivity contribution in [2.75, 3.05) is 26.4 Å². The van der Waals surface area contributed by atoms with Crippen molar-refractivity contribution in [2.45, 2.75) is 81.2 Å². The highest BCUT2D eigenvalue weighted by Crippen LogP contribution is 2.56. The lowest BCUT2D eigenvalue weighted by Crippen LogP contribution is -2.64. The lowest BCUT2D eigenvalue weighted by atomic mass is 10.1.